The molecule has 2 amide bonds. The molecule has 7 heteroatoms. The minimum atomic E-state index is -1.07. The second-order valence-electron chi connectivity index (χ2n) is 6.81. The molecule has 1 fully saturated rings. The molecule has 0 heterocycles. The third-order valence-electron chi connectivity index (χ3n) is 4.17. The summed E-state index contributed by atoms with van der Waals surface area (Å²) in [5, 5.41) is 14.8. The second-order valence-corrected chi connectivity index (χ2v) is 7.25. The van der Waals surface area contributed by atoms with Gasteiger partial charge in [-0.15, -0.1) is 0 Å². The molecule has 1 aliphatic rings. The first-order valence-electron chi connectivity index (χ1n) is 8.33. The first-order chi connectivity index (χ1) is 11.8. The maximum atomic E-state index is 12.1. The standard InChI is InChI=1S/C18H23ClN2O4/c1-10(2)6-15(18(24)25)21-16(22)9-20-17(23)14-8-13(14)11-4-3-5-12(19)7-11/h3-5,7,10,13-15H,6,8-9H2,1-2H3,(H,20,23)(H,21,22)(H,24,25)/t13?,14?,15-/m0/s1. The van der Waals surface area contributed by atoms with Gasteiger partial charge in [0, 0.05) is 10.9 Å². The zero-order chi connectivity index (χ0) is 18.6. The second kappa shape index (κ2) is 8.34. The van der Waals surface area contributed by atoms with Crippen LogP contribution in [0.5, 0.6) is 0 Å². The number of carbonyl (C=O) groups excluding carboxylic acids is 2. The summed E-state index contributed by atoms with van der Waals surface area (Å²) in [6.45, 7) is 3.54. The Morgan fingerprint density at radius 2 is 2.04 bits per heavy atom. The van der Waals surface area contributed by atoms with Gasteiger partial charge in [0.2, 0.25) is 11.8 Å². The number of aliphatic carboxylic acids is 1. The molecule has 2 rings (SSSR count). The summed E-state index contributed by atoms with van der Waals surface area (Å²) in [4.78, 5) is 35.2. The average molecular weight is 367 g/mol. The Labute approximate surface area is 151 Å². The molecule has 1 aliphatic carbocycles. The van der Waals surface area contributed by atoms with Crippen molar-refractivity contribution in [2.24, 2.45) is 11.8 Å². The smallest absolute Gasteiger partial charge is 0.326 e. The van der Waals surface area contributed by atoms with E-state index in [0.29, 0.717) is 11.4 Å². The van der Waals surface area contributed by atoms with Gasteiger partial charge in [-0.1, -0.05) is 37.6 Å². The minimum Gasteiger partial charge on any atom is -0.480 e. The zero-order valence-corrected chi connectivity index (χ0v) is 15.0. The van der Waals surface area contributed by atoms with Crippen molar-refractivity contribution < 1.29 is 19.5 Å². The van der Waals surface area contributed by atoms with Crippen LogP contribution in [-0.4, -0.2) is 35.5 Å². The van der Waals surface area contributed by atoms with E-state index >= 15 is 0 Å². The quantitative estimate of drug-likeness (QED) is 0.657. The highest BCUT2D eigenvalue weighted by atomic mass is 35.5. The van der Waals surface area contributed by atoms with Crippen LogP contribution in [0.15, 0.2) is 24.3 Å². The minimum absolute atomic E-state index is 0.120. The van der Waals surface area contributed by atoms with Crippen molar-refractivity contribution in [2.75, 3.05) is 6.54 Å². The number of hydrogen-bond acceptors (Lipinski definition) is 3. The van der Waals surface area contributed by atoms with Crippen molar-refractivity contribution >= 4 is 29.4 Å². The SMILES string of the molecule is CC(C)C[C@H](NC(=O)CNC(=O)C1CC1c1cccc(Cl)c1)C(=O)O. The lowest BCUT2D eigenvalue weighted by molar-refractivity contribution is -0.142. The Morgan fingerprint density at radius 3 is 2.64 bits per heavy atom. The predicted molar refractivity (Wildman–Crippen MR) is 94.3 cm³/mol. The third kappa shape index (κ3) is 5.74. The van der Waals surface area contributed by atoms with Crippen LogP contribution in [0.25, 0.3) is 0 Å². The summed E-state index contributed by atoms with van der Waals surface area (Å²) in [5.41, 5.74) is 1.01. The van der Waals surface area contributed by atoms with Crippen LogP contribution in [0.4, 0.5) is 0 Å². The summed E-state index contributed by atoms with van der Waals surface area (Å²) < 4.78 is 0. The van der Waals surface area contributed by atoms with E-state index in [4.69, 9.17) is 16.7 Å². The fraction of sp³-hybridized carbons (Fsp3) is 0.500. The van der Waals surface area contributed by atoms with Gasteiger partial charge in [0.1, 0.15) is 6.04 Å². The number of amides is 2. The van der Waals surface area contributed by atoms with Crippen molar-refractivity contribution in [3.05, 3.63) is 34.9 Å². The first-order valence-corrected chi connectivity index (χ1v) is 8.71. The molecule has 0 radical (unpaired) electrons. The average Bonchev–Trinajstić information content (AvgIpc) is 3.32. The van der Waals surface area contributed by atoms with Gasteiger partial charge < -0.3 is 15.7 Å². The van der Waals surface area contributed by atoms with E-state index in [1.165, 1.54) is 0 Å². The maximum absolute atomic E-state index is 12.1. The van der Waals surface area contributed by atoms with E-state index in [0.717, 1.165) is 12.0 Å². The molecule has 3 N–H and O–H groups in total. The number of carboxylic acids is 1. The number of halogens is 1. The molecule has 2 unspecified atom stereocenters. The van der Waals surface area contributed by atoms with E-state index in [2.05, 4.69) is 10.6 Å². The molecular formula is C18H23ClN2O4. The lowest BCUT2D eigenvalue weighted by Crippen LogP contribution is -2.46. The van der Waals surface area contributed by atoms with Crippen molar-refractivity contribution in [3.63, 3.8) is 0 Å². The van der Waals surface area contributed by atoms with Crippen molar-refractivity contribution in [2.45, 2.75) is 38.6 Å². The summed E-state index contributed by atoms with van der Waals surface area (Å²) in [7, 11) is 0. The highest BCUT2D eigenvalue weighted by Gasteiger charge is 2.43. The number of rotatable bonds is 8. The van der Waals surface area contributed by atoms with Gasteiger partial charge in [0.25, 0.3) is 0 Å². The summed E-state index contributed by atoms with van der Waals surface area (Å²) in [5.74, 6) is -1.68. The van der Waals surface area contributed by atoms with Crippen molar-refractivity contribution in [1.29, 1.82) is 0 Å². The van der Waals surface area contributed by atoms with E-state index in [9.17, 15) is 14.4 Å². The molecule has 6 nitrogen and oxygen atoms in total. The van der Waals surface area contributed by atoms with Crippen molar-refractivity contribution in [1.82, 2.24) is 10.6 Å². The molecule has 0 aromatic heterocycles. The Bertz CT molecular complexity index is 662. The lowest BCUT2D eigenvalue weighted by atomic mass is 10.0. The monoisotopic (exact) mass is 366 g/mol. The fourth-order valence-corrected chi connectivity index (χ4v) is 3.03. The van der Waals surface area contributed by atoms with Gasteiger partial charge in [-0.2, -0.15) is 0 Å². The molecule has 1 saturated carbocycles. The van der Waals surface area contributed by atoms with E-state index in [1.807, 2.05) is 32.0 Å². The molecular weight excluding hydrogens is 344 g/mol. The van der Waals surface area contributed by atoms with Crippen molar-refractivity contribution in [3.8, 4) is 0 Å². The molecule has 3 atom stereocenters. The molecule has 0 aliphatic heterocycles. The van der Waals surface area contributed by atoms with Crippen LogP contribution in [0.1, 0.15) is 38.2 Å². The van der Waals surface area contributed by atoms with Crippen LogP contribution < -0.4 is 10.6 Å². The van der Waals surface area contributed by atoms with Crippen LogP contribution in [0.3, 0.4) is 0 Å². The number of carbonyl (C=O) groups is 3. The summed E-state index contributed by atoms with van der Waals surface area (Å²) in [6, 6.07) is 6.46. The Balaban J connectivity index is 1.78. The Hall–Kier alpha value is -2.08. The highest BCUT2D eigenvalue weighted by molar-refractivity contribution is 6.30. The van der Waals surface area contributed by atoms with Gasteiger partial charge in [-0.3, -0.25) is 9.59 Å². The van der Waals surface area contributed by atoms with E-state index in [1.54, 1.807) is 6.07 Å². The molecule has 136 valence electrons. The van der Waals surface area contributed by atoms with Crippen LogP contribution >= 0.6 is 11.6 Å². The van der Waals surface area contributed by atoms with Crippen LogP contribution in [0, 0.1) is 11.8 Å². The zero-order valence-electron chi connectivity index (χ0n) is 14.3. The number of hydrogen-bond donors (Lipinski definition) is 3. The van der Waals surface area contributed by atoms with Crippen LogP contribution in [-0.2, 0) is 14.4 Å². The normalized spacial score (nSPS) is 20.0. The maximum Gasteiger partial charge on any atom is 0.326 e. The van der Waals surface area contributed by atoms with Crippen LogP contribution in [0.2, 0.25) is 5.02 Å². The predicted octanol–water partition coefficient (Wildman–Crippen LogP) is 2.18. The van der Waals surface area contributed by atoms with Gasteiger partial charge in [0.15, 0.2) is 0 Å². The third-order valence-corrected chi connectivity index (χ3v) is 4.40. The van der Waals surface area contributed by atoms with E-state index < -0.39 is 17.9 Å². The summed E-state index contributed by atoms with van der Waals surface area (Å²) >= 11 is 5.96. The number of nitrogens with one attached hydrogen (secondary N) is 2. The molecule has 0 bridgehead atoms. The lowest BCUT2D eigenvalue weighted by Gasteiger charge is -2.16. The number of benzene rings is 1. The summed E-state index contributed by atoms with van der Waals surface area (Å²) in [6.07, 6.45) is 1.06. The molecule has 1 aromatic carbocycles. The Morgan fingerprint density at radius 1 is 1.32 bits per heavy atom. The molecule has 1 aromatic rings. The first kappa shape index (κ1) is 19.2. The number of carboxylic acid groups (broad SMARTS) is 1. The fourth-order valence-electron chi connectivity index (χ4n) is 2.83. The highest BCUT2D eigenvalue weighted by Crippen LogP contribution is 2.47. The van der Waals surface area contributed by atoms with Gasteiger partial charge in [-0.05, 0) is 42.4 Å². The molecule has 0 spiro atoms. The Kier molecular flexibility index (Phi) is 6.42. The van der Waals surface area contributed by atoms with Gasteiger partial charge >= 0.3 is 5.97 Å². The topological polar surface area (TPSA) is 95.5 Å². The van der Waals surface area contributed by atoms with Gasteiger partial charge in [-0.25, -0.2) is 4.79 Å². The van der Waals surface area contributed by atoms with Gasteiger partial charge in [0.05, 0.1) is 6.54 Å². The largest absolute Gasteiger partial charge is 0.480 e. The van der Waals surface area contributed by atoms with E-state index in [-0.39, 0.29) is 30.2 Å². The molecule has 0 saturated heterocycles. The molecule has 25 heavy (non-hydrogen) atoms.